The lowest BCUT2D eigenvalue weighted by Gasteiger charge is -2.32. The molecule has 2 heterocycles. The highest BCUT2D eigenvalue weighted by molar-refractivity contribution is 7.93. The highest BCUT2D eigenvalue weighted by Crippen LogP contribution is 2.40. The van der Waals surface area contributed by atoms with Gasteiger partial charge in [-0.2, -0.15) is 0 Å². The molecule has 0 saturated carbocycles. The minimum Gasteiger partial charge on any atom is -0.493 e. The summed E-state index contributed by atoms with van der Waals surface area (Å²) in [6, 6.07) is 9.79. The largest absolute Gasteiger partial charge is 0.493 e. The Balaban J connectivity index is 1.70. The average molecular weight is 500 g/mol. The van der Waals surface area contributed by atoms with E-state index in [9.17, 15) is 18.0 Å². The Bertz CT molecular complexity index is 1270. The van der Waals surface area contributed by atoms with E-state index in [-0.39, 0.29) is 22.3 Å². The molecule has 2 N–H and O–H groups in total. The number of fused-ring (bicyclic) bond motifs is 1. The number of para-hydroxylation sites is 1. The van der Waals surface area contributed by atoms with Crippen molar-refractivity contribution in [1.29, 1.82) is 0 Å². The van der Waals surface area contributed by atoms with Gasteiger partial charge in [0.2, 0.25) is 11.8 Å². The van der Waals surface area contributed by atoms with Crippen LogP contribution in [0.15, 0.2) is 47.4 Å². The lowest BCUT2D eigenvalue weighted by Crippen LogP contribution is -2.49. The van der Waals surface area contributed by atoms with E-state index in [0.717, 1.165) is 18.4 Å². The number of hydrogen-bond acceptors (Lipinski definition) is 6. The number of nitrogens with two attached hydrogens (primary N) is 1. The second kappa shape index (κ2) is 9.99. The molecule has 2 aliphatic rings. The van der Waals surface area contributed by atoms with Crippen molar-refractivity contribution in [3.05, 3.63) is 53.6 Å². The number of likely N-dealkylation sites (tertiary alicyclic amines) is 1. The van der Waals surface area contributed by atoms with Gasteiger partial charge in [0, 0.05) is 19.2 Å². The van der Waals surface area contributed by atoms with Gasteiger partial charge in [-0.15, -0.1) is 0 Å². The predicted molar refractivity (Wildman–Crippen MR) is 132 cm³/mol. The van der Waals surface area contributed by atoms with Gasteiger partial charge in [0.05, 0.1) is 19.9 Å². The van der Waals surface area contributed by atoms with E-state index in [1.807, 2.05) is 12.1 Å². The van der Waals surface area contributed by atoms with Crippen LogP contribution in [0.3, 0.4) is 0 Å². The minimum atomic E-state index is -3.99. The highest BCUT2D eigenvalue weighted by atomic mass is 32.2. The second-order valence-electron chi connectivity index (χ2n) is 8.49. The quantitative estimate of drug-likeness (QED) is 0.584. The molecule has 2 aromatic rings. The van der Waals surface area contributed by atoms with Gasteiger partial charge in [0.25, 0.3) is 10.0 Å². The van der Waals surface area contributed by atoms with Crippen molar-refractivity contribution in [1.82, 2.24) is 4.90 Å². The van der Waals surface area contributed by atoms with Gasteiger partial charge in [-0.3, -0.25) is 13.9 Å². The molecular weight excluding hydrogens is 470 g/mol. The van der Waals surface area contributed by atoms with Crippen LogP contribution in [-0.4, -0.2) is 58.5 Å². The molecule has 1 unspecified atom stereocenters. The molecule has 2 aliphatic heterocycles. The number of hydrogen-bond donors (Lipinski definition) is 1. The van der Waals surface area contributed by atoms with E-state index in [2.05, 4.69) is 0 Å². The van der Waals surface area contributed by atoms with E-state index in [0.29, 0.717) is 37.2 Å². The summed E-state index contributed by atoms with van der Waals surface area (Å²) in [4.78, 5) is 26.0. The maximum absolute atomic E-state index is 13.7. The fourth-order valence-electron chi connectivity index (χ4n) is 4.67. The number of ether oxygens (including phenoxy) is 2. The van der Waals surface area contributed by atoms with Gasteiger partial charge in [-0.05, 0) is 61.1 Å². The first-order chi connectivity index (χ1) is 16.8. The van der Waals surface area contributed by atoms with Crippen LogP contribution in [0.5, 0.6) is 11.5 Å². The first kappa shape index (κ1) is 24.6. The smallest absolute Gasteiger partial charge is 0.268 e. The van der Waals surface area contributed by atoms with Crippen molar-refractivity contribution in [2.75, 3.05) is 31.6 Å². The second-order valence-corrected chi connectivity index (χ2v) is 10.3. The molecule has 0 bridgehead atoms. The highest BCUT2D eigenvalue weighted by Gasteiger charge is 2.34. The number of amides is 2. The van der Waals surface area contributed by atoms with Crippen LogP contribution in [0, 0.1) is 0 Å². The summed E-state index contributed by atoms with van der Waals surface area (Å²) in [7, 11) is -1.19. The van der Waals surface area contributed by atoms with E-state index < -0.39 is 22.0 Å². The number of benzene rings is 2. The Morgan fingerprint density at radius 3 is 2.57 bits per heavy atom. The van der Waals surface area contributed by atoms with Crippen LogP contribution >= 0.6 is 0 Å². The Morgan fingerprint density at radius 1 is 1.09 bits per heavy atom. The van der Waals surface area contributed by atoms with Crippen molar-refractivity contribution < 1.29 is 27.5 Å². The first-order valence-electron chi connectivity index (χ1n) is 11.4. The van der Waals surface area contributed by atoms with Crippen molar-refractivity contribution >= 4 is 33.6 Å². The number of carbonyl (C=O) groups is 2. The topological polar surface area (TPSA) is 119 Å². The number of methoxy groups -OCH3 is 2. The zero-order chi connectivity index (χ0) is 25.2. The third-order valence-electron chi connectivity index (χ3n) is 6.41. The van der Waals surface area contributed by atoms with Crippen molar-refractivity contribution in [3.63, 3.8) is 0 Å². The van der Waals surface area contributed by atoms with Gasteiger partial charge in [-0.25, -0.2) is 8.42 Å². The van der Waals surface area contributed by atoms with Crippen LogP contribution in [0.25, 0.3) is 6.08 Å². The van der Waals surface area contributed by atoms with E-state index in [1.54, 1.807) is 18.2 Å². The molecule has 0 spiro atoms. The van der Waals surface area contributed by atoms with Crippen LogP contribution < -0.4 is 19.5 Å². The van der Waals surface area contributed by atoms with Crippen molar-refractivity contribution in [2.45, 2.75) is 36.6 Å². The molecule has 0 aliphatic carbocycles. The molecule has 9 nitrogen and oxygen atoms in total. The monoisotopic (exact) mass is 499 g/mol. The summed E-state index contributed by atoms with van der Waals surface area (Å²) in [5.41, 5.74) is 7.50. The van der Waals surface area contributed by atoms with E-state index in [4.69, 9.17) is 15.2 Å². The zero-order valence-electron chi connectivity index (χ0n) is 19.8. The molecule has 1 atom stereocenters. The fourth-order valence-corrected chi connectivity index (χ4v) is 6.38. The van der Waals surface area contributed by atoms with Gasteiger partial charge in [0.15, 0.2) is 11.5 Å². The molecule has 0 radical (unpaired) electrons. The van der Waals surface area contributed by atoms with E-state index >= 15 is 0 Å². The molecule has 10 heteroatoms. The number of piperidine rings is 1. The average Bonchev–Trinajstić information content (AvgIpc) is 3.31. The van der Waals surface area contributed by atoms with Gasteiger partial charge in [0.1, 0.15) is 10.9 Å². The summed E-state index contributed by atoms with van der Waals surface area (Å²) < 4.78 is 39.7. The van der Waals surface area contributed by atoms with Crippen LogP contribution in [-0.2, 0) is 26.0 Å². The van der Waals surface area contributed by atoms with Gasteiger partial charge < -0.3 is 20.1 Å². The molecule has 1 fully saturated rings. The Hall–Kier alpha value is -3.53. The maximum Gasteiger partial charge on any atom is 0.268 e. The predicted octanol–water partition coefficient (Wildman–Crippen LogP) is 2.33. The molecule has 0 aromatic heterocycles. The number of rotatable bonds is 7. The zero-order valence-corrected chi connectivity index (χ0v) is 20.6. The molecule has 35 heavy (non-hydrogen) atoms. The van der Waals surface area contributed by atoms with Crippen LogP contribution in [0.2, 0.25) is 0 Å². The summed E-state index contributed by atoms with van der Waals surface area (Å²) >= 11 is 0. The Kier molecular flexibility index (Phi) is 7.02. The lowest BCUT2D eigenvalue weighted by atomic mass is 10.0. The molecule has 1 saturated heterocycles. The number of anilines is 1. The van der Waals surface area contributed by atoms with Crippen LogP contribution in [0.4, 0.5) is 5.69 Å². The molecule has 2 aromatic carbocycles. The maximum atomic E-state index is 13.7. The van der Waals surface area contributed by atoms with Gasteiger partial charge in [-0.1, -0.05) is 18.2 Å². The number of primary amides is 1. The molecular formula is C25H29N3O6S. The number of sulfonamides is 1. The summed E-state index contributed by atoms with van der Waals surface area (Å²) in [5.74, 6) is -0.579. The van der Waals surface area contributed by atoms with Crippen LogP contribution in [0.1, 0.15) is 30.4 Å². The van der Waals surface area contributed by atoms with Crippen molar-refractivity contribution in [2.24, 2.45) is 5.73 Å². The summed E-state index contributed by atoms with van der Waals surface area (Å²) in [6.07, 6.45) is 5.60. The van der Waals surface area contributed by atoms with E-state index in [1.165, 1.54) is 41.6 Å². The molecule has 2 amide bonds. The lowest BCUT2D eigenvalue weighted by molar-refractivity contribution is -0.137. The Labute approximate surface area is 205 Å². The normalized spacial score (nSPS) is 17.9. The summed E-state index contributed by atoms with van der Waals surface area (Å²) in [6.45, 7) is 0.756. The fraction of sp³-hybridized carbons (Fsp3) is 0.360. The first-order valence-corrected chi connectivity index (χ1v) is 12.9. The molecule has 4 rings (SSSR count). The van der Waals surface area contributed by atoms with Crippen molar-refractivity contribution in [3.8, 4) is 11.5 Å². The minimum absolute atomic E-state index is 0.0591. The SMILES string of the molecule is COc1cc(C=CC(=O)N2CCCCC2C(N)=O)cc(S(=O)(=O)N2CCc3ccccc32)c1OC. The third kappa shape index (κ3) is 4.70. The number of nitrogens with zero attached hydrogens (tertiary/aromatic N) is 2. The standard InChI is InChI=1S/C25H29N3O6S/c1-33-21-15-17(10-11-23(29)27-13-6-5-9-20(27)25(26)30)16-22(24(21)34-2)35(31,32)28-14-12-18-7-3-4-8-19(18)28/h3-4,7-8,10-11,15-16,20H,5-6,9,12-14H2,1-2H3,(H2,26,30). The Morgan fingerprint density at radius 2 is 1.86 bits per heavy atom. The number of carbonyl (C=O) groups excluding carboxylic acids is 2. The third-order valence-corrected chi connectivity index (χ3v) is 8.23. The molecule has 186 valence electrons. The van der Waals surface area contributed by atoms with Gasteiger partial charge >= 0.3 is 0 Å². The summed E-state index contributed by atoms with van der Waals surface area (Å²) in [5, 5.41) is 0.